The summed E-state index contributed by atoms with van der Waals surface area (Å²) in [6.07, 6.45) is 2.35. The van der Waals surface area contributed by atoms with Crippen molar-refractivity contribution in [3.63, 3.8) is 0 Å². The Bertz CT molecular complexity index is 357. The van der Waals surface area contributed by atoms with Crippen LogP contribution in [-0.4, -0.2) is 22.0 Å². The molecule has 15 heavy (non-hydrogen) atoms. The Morgan fingerprint density at radius 3 is 2.73 bits per heavy atom. The van der Waals surface area contributed by atoms with E-state index in [9.17, 15) is 4.39 Å². The van der Waals surface area contributed by atoms with E-state index in [1.807, 2.05) is 20.0 Å². The van der Waals surface area contributed by atoms with E-state index in [0.29, 0.717) is 6.42 Å². The number of aryl methyl sites for hydroxylation is 2. The Labute approximate surface area is 89.5 Å². The number of hydrogen-bond acceptors (Lipinski definition) is 2. The highest BCUT2D eigenvalue weighted by Gasteiger charge is 2.45. The summed E-state index contributed by atoms with van der Waals surface area (Å²) in [5.74, 6) is 0.165. The average molecular weight is 211 g/mol. The third-order valence-corrected chi connectivity index (χ3v) is 3.22. The van der Waals surface area contributed by atoms with E-state index < -0.39 is 5.67 Å². The number of alkyl halides is 1. The third kappa shape index (κ3) is 2.04. The van der Waals surface area contributed by atoms with Crippen LogP contribution < -0.4 is 5.73 Å². The number of halogens is 1. The summed E-state index contributed by atoms with van der Waals surface area (Å²) >= 11 is 0. The molecule has 0 saturated heterocycles. The molecule has 0 aliphatic heterocycles. The fraction of sp³-hybridized carbons (Fsp3) is 0.727. The Hall–Kier alpha value is -0.900. The molecule has 0 amide bonds. The van der Waals surface area contributed by atoms with E-state index in [4.69, 9.17) is 5.73 Å². The van der Waals surface area contributed by atoms with Gasteiger partial charge in [0.1, 0.15) is 5.67 Å². The van der Waals surface area contributed by atoms with Crippen molar-refractivity contribution in [2.75, 3.05) is 6.54 Å². The second-order valence-corrected chi connectivity index (χ2v) is 4.59. The van der Waals surface area contributed by atoms with Crippen LogP contribution in [-0.2, 0) is 13.5 Å². The van der Waals surface area contributed by atoms with Crippen molar-refractivity contribution in [1.29, 1.82) is 0 Å². The lowest BCUT2D eigenvalue weighted by molar-refractivity contribution is 0.139. The van der Waals surface area contributed by atoms with Gasteiger partial charge in [0, 0.05) is 25.7 Å². The molecule has 1 unspecified atom stereocenters. The standard InChI is InChI=1S/C11H18FN3/c1-8-5-10(15(2)14-8)6-11(12,7-13)9-3-4-9/h5,9H,3-4,6-7,13H2,1-2H3. The summed E-state index contributed by atoms with van der Waals surface area (Å²) in [6.45, 7) is 2.03. The van der Waals surface area contributed by atoms with Crippen LogP contribution in [0.15, 0.2) is 6.07 Å². The molecule has 1 fully saturated rings. The summed E-state index contributed by atoms with van der Waals surface area (Å²) < 4.78 is 16.2. The van der Waals surface area contributed by atoms with Gasteiger partial charge in [-0.05, 0) is 31.7 Å². The molecule has 1 atom stereocenters. The molecule has 0 radical (unpaired) electrons. The van der Waals surface area contributed by atoms with Crippen LogP contribution in [0.4, 0.5) is 4.39 Å². The van der Waals surface area contributed by atoms with Crippen molar-refractivity contribution < 1.29 is 4.39 Å². The van der Waals surface area contributed by atoms with Gasteiger partial charge >= 0.3 is 0 Å². The van der Waals surface area contributed by atoms with Crippen molar-refractivity contribution in [1.82, 2.24) is 9.78 Å². The molecular weight excluding hydrogens is 193 g/mol. The monoisotopic (exact) mass is 211 g/mol. The van der Waals surface area contributed by atoms with E-state index in [1.165, 1.54) is 0 Å². The van der Waals surface area contributed by atoms with Gasteiger partial charge in [-0.2, -0.15) is 5.10 Å². The minimum atomic E-state index is -1.22. The molecule has 0 aromatic carbocycles. The molecule has 1 saturated carbocycles. The number of nitrogens with two attached hydrogens (primary N) is 1. The van der Waals surface area contributed by atoms with Crippen LogP contribution in [0.3, 0.4) is 0 Å². The van der Waals surface area contributed by atoms with Gasteiger partial charge in [-0.15, -0.1) is 0 Å². The number of hydrogen-bond donors (Lipinski definition) is 1. The van der Waals surface area contributed by atoms with Crippen LogP contribution in [0.5, 0.6) is 0 Å². The third-order valence-electron chi connectivity index (χ3n) is 3.22. The molecule has 2 rings (SSSR count). The lowest BCUT2D eigenvalue weighted by atomic mass is 9.94. The van der Waals surface area contributed by atoms with Gasteiger partial charge in [0.15, 0.2) is 0 Å². The van der Waals surface area contributed by atoms with Gasteiger partial charge < -0.3 is 5.73 Å². The van der Waals surface area contributed by atoms with Crippen LogP contribution in [0.25, 0.3) is 0 Å². The van der Waals surface area contributed by atoms with Crippen LogP contribution in [0.1, 0.15) is 24.2 Å². The van der Waals surface area contributed by atoms with Gasteiger partial charge in [0.2, 0.25) is 0 Å². The topological polar surface area (TPSA) is 43.8 Å². The molecule has 1 aliphatic carbocycles. The molecular formula is C11H18FN3. The lowest BCUT2D eigenvalue weighted by Gasteiger charge is -2.23. The second-order valence-electron chi connectivity index (χ2n) is 4.59. The van der Waals surface area contributed by atoms with Crippen molar-refractivity contribution in [2.45, 2.75) is 31.9 Å². The predicted octanol–water partition coefficient (Wildman–Crippen LogP) is 1.35. The summed E-state index contributed by atoms with van der Waals surface area (Å²) in [7, 11) is 1.85. The van der Waals surface area contributed by atoms with E-state index in [-0.39, 0.29) is 12.5 Å². The average Bonchev–Trinajstić information content (AvgIpc) is 2.96. The molecule has 84 valence electrons. The van der Waals surface area contributed by atoms with Gasteiger partial charge in [-0.1, -0.05) is 0 Å². The summed E-state index contributed by atoms with van der Waals surface area (Å²) in [6, 6.07) is 1.94. The quantitative estimate of drug-likeness (QED) is 0.817. The van der Waals surface area contributed by atoms with Crippen LogP contribution in [0, 0.1) is 12.8 Å². The molecule has 3 nitrogen and oxygen atoms in total. The summed E-state index contributed by atoms with van der Waals surface area (Å²) in [5.41, 5.74) is 6.20. The first-order valence-corrected chi connectivity index (χ1v) is 5.43. The highest BCUT2D eigenvalue weighted by atomic mass is 19.1. The van der Waals surface area contributed by atoms with Crippen LogP contribution in [0.2, 0.25) is 0 Å². The Morgan fingerprint density at radius 1 is 1.67 bits per heavy atom. The van der Waals surface area contributed by atoms with Gasteiger partial charge in [-0.3, -0.25) is 4.68 Å². The zero-order valence-corrected chi connectivity index (χ0v) is 9.33. The highest BCUT2D eigenvalue weighted by molar-refractivity contribution is 5.14. The minimum Gasteiger partial charge on any atom is -0.328 e. The van der Waals surface area contributed by atoms with Gasteiger partial charge in [0.25, 0.3) is 0 Å². The molecule has 1 heterocycles. The first-order chi connectivity index (χ1) is 7.05. The molecule has 0 bridgehead atoms. The van der Waals surface area contributed by atoms with Crippen molar-refractivity contribution >= 4 is 0 Å². The number of nitrogens with zero attached hydrogens (tertiary/aromatic N) is 2. The van der Waals surface area contributed by atoms with Crippen molar-refractivity contribution in [2.24, 2.45) is 18.7 Å². The maximum Gasteiger partial charge on any atom is 0.131 e. The van der Waals surface area contributed by atoms with Crippen molar-refractivity contribution in [3.8, 4) is 0 Å². The maximum absolute atomic E-state index is 14.4. The highest BCUT2D eigenvalue weighted by Crippen LogP contribution is 2.43. The SMILES string of the molecule is Cc1cc(CC(F)(CN)C2CC2)n(C)n1. The minimum absolute atomic E-state index is 0.113. The molecule has 4 heteroatoms. The van der Waals surface area contributed by atoms with Gasteiger partial charge in [-0.25, -0.2) is 4.39 Å². The normalized spacial score (nSPS) is 20.3. The van der Waals surface area contributed by atoms with E-state index in [1.54, 1.807) is 4.68 Å². The Morgan fingerprint density at radius 2 is 2.33 bits per heavy atom. The molecule has 2 N–H and O–H groups in total. The maximum atomic E-state index is 14.4. The molecule has 1 aromatic heterocycles. The smallest absolute Gasteiger partial charge is 0.131 e. The zero-order chi connectivity index (χ0) is 11.1. The number of rotatable bonds is 4. The lowest BCUT2D eigenvalue weighted by Crippen LogP contribution is -2.38. The molecule has 0 spiro atoms. The fourth-order valence-electron chi connectivity index (χ4n) is 2.11. The Kier molecular flexibility index (Phi) is 2.54. The first kappa shape index (κ1) is 10.6. The second kappa shape index (κ2) is 3.59. The van der Waals surface area contributed by atoms with Gasteiger partial charge in [0.05, 0.1) is 5.69 Å². The molecule has 1 aliphatic rings. The zero-order valence-electron chi connectivity index (χ0n) is 9.33. The van der Waals surface area contributed by atoms with Crippen LogP contribution >= 0.6 is 0 Å². The van der Waals surface area contributed by atoms with E-state index in [2.05, 4.69) is 5.10 Å². The number of aromatic nitrogens is 2. The summed E-state index contributed by atoms with van der Waals surface area (Å²) in [5, 5.41) is 4.22. The van der Waals surface area contributed by atoms with Crippen molar-refractivity contribution in [3.05, 3.63) is 17.5 Å². The van der Waals surface area contributed by atoms with E-state index in [0.717, 1.165) is 24.2 Å². The Balaban J connectivity index is 2.15. The largest absolute Gasteiger partial charge is 0.328 e. The van der Waals surface area contributed by atoms with E-state index >= 15 is 0 Å². The summed E-state index contributed by atoms with van der Waals surface area (Å²) in [4.78, 5) is 0. The predicted molar refractivity (Wildman–Crippen MR) is 57.3 cm³/mol. The molecule has 1 aromatic rings. The first-order valence-electron chi connectivity index (χ1n) is 5.43. The fourth-order valence-corrected chi connectivity index (χ4v) is 2.11.